The van der Waals surface area contributed by atoms with Crippen molar-refractivity contribution in [3.63, 3.8) is 0 Å². The van der Waals surface area contributed by atoms with Gasteiger partial charge in [0.2, 0.25) is 0 Å². The van der Waals surface area contributed by atoms with Gasteiger partial charge in [-0.2, -0.15) is 4.98 Å². The van der Waals surface area contributed by atoms with Gasteiger partial charge in [-0.15, -0.1) is 0 Å². The first-order valence-corrected chi connectivity index (χ1v) is 4.56. The molecular weight excluding hydrogens is 194 g/mol. The van der Waals surface area contributed by atoms with E-state index in [4.69, 9.17) is 15.0 Å². The zero-order valence-corrected chi connectivity index (χ0v) is 8.09. The number of rotatable bonds is 4. The summed E-state index contributed by atoms with van der Waals surface area (Å²) in [6, 6.07) is 7.58. The van der Waals surface area contributed by atoms with Crippen LogP contribution in [0.3, 0.4) is 0 Å². The number of ether oxygens (including phenoxy) is 1. The highest BCUT2D eigenvalue weighted by atomic mass is 16.5. The maximum Gasteiger partial charge on any atom is 0.264 e. The van der Waals surface area contributed by atoms with Crippen molar-refractivity contribution in [1.82, 2.24) is 10.1 Å². The van der Waals surface area contributed by atoms with Gasteiger partial charge in [0.05, 0.1) is 0 Å². The molecule has 2 aromatic rings. The Morgan fingerprint density at radius 2 is 2.33 bits per heavy atom. The molecule has 0 aliphatic carbocycles. The van der Waals surface area contributed by atoms with Crippen LogP contribution in [0.5, 0.6) is 5.75 Å². The fraction of sp³-hybridized carbons (Fsp3) is 0.200. The van der Waals surface area contributed by atoms with Crippen LogP contribution in [-0.2, 0) is 13.2 Å². The minimum Gasteiger partial charge on any atom is -0.484 e. The monoisotopic (exact) mass is 205 g/mol. The number of hydrogen-bond acceptors (Lipinski definition) is 5. The van der Waals surface area contributed by atoms with E-state index in [2.05, 4.69) is 10.1 Å². The van der Waals surface area contributed by atoms with Crippen LogP contribution >= 0.6 is 0 Å². The Kier molecular flexibility index (Phi) is 2.94. The van der Waals surface area contributed by atoms with Gasteiger partial charge in [0.25, 0.3) is 5.89 Å². The maximum atomic E-state index is 5.51. The van der Waals surface area contributed by atoms with Gasteiger partial charge in [-0.25, -0.2) is 0 Å². The van der Waals surface area contributed by atoms with Crippen molar-refractivity contribution in [2.24, 2.45) is 5.73 Å². The molecule has 0 aliphatic heterocycles. The third-order valence-corrected chi connectivity index (χ3v) is 1.90. The molecule has 0 radical (unpaired) electrons. The number of nitrogens with zero attached hydrogens (tertiary/aromatic N) is 2. The standard InChI is InChI=1S/C10H11N3O2/c11-5-8-2-1-3-9(4-8)14-6-10-12-7-13-15-10/h1-4,7H,5-6,11H2. The SMILES string of the molecule is NCc1cccc(OCc2ncno2)c1. The van der Waals surface area contributed by atoms with Gasteiger partial charge >= 0.3 is 0 Å². The van der Waals surface area contributed by atoms with Crippen molar-refractivity contribution in [3.8, 4) is 5.75 Å². The topological polar surface area (TPSA) is 74.2 Å². The quantitative estimate of drug-likeness (QED) is 0.809. The van der Waals surface area contributed by atoms with Crippen LogP contribution in [0, 0.1) is 0 Å². The van der Waals surface area contributed by atoms with Crippen molar-refractivity contribution >= 4 is 0 Å². The third-order valence-electron chi connectivity index (χ3n) is 1.90. The van der Waals surface area contributed by atoms with Crippen LogP contribution in [0.2, 0.25) is 0 Å². The lowest BCUT2D eigenvalue weighted by molar-refractivity contribution is 0.242. The van der Waals surface area contributed by atoms with Crippen LogP contribution in [0.25, 0.3) is 0 Å². The van der Waals surface area contributed by atoms with E-state index in [1.807, 2.05) is 24.3 Å². The first-order valence-electron chi connectivity index (χ1n) is 4.56. The highest BCUT2D eigenvalue weighted by Crippen LogP contribution is 2.14. The molecule has 5 nitrogen and oxygen atoms in total. The van der Waals surface area contributed by atoms with E-state index >= 15 is 0 Å². The largest absolute Gasteiger partial charge is 0.484 e. The summed E-state index contributed by atoms with van der Waals surface area (Å²) in [4.78, 5) is 3.85. The molecular formula is C10H11N3O2. The summed E-state index contributed by atoms with van der Waals surface area (Å²) in [5.41, 5.74) is 6.54. The fourth-order valence-electron chi connectivity index (χ4n) is 1.17. The predicted octanol–water partition coefficient (Wildman–Crippen LogP) is 1.11. The van der Waals surface area contributed by atoms with E-state index in [1.165, 1.54) is 6.33 Å². The minimum absolute atomic E-state index is 0.272. The molecule has 2 rings (SSSR count). The van der Waals surface area contributed by atoms with Crippen LogP contribution in [0.15, 0.2) is 35.1 Å². The molecule has 15 heavy (non-hydrogen) atoms. The lowest BCUT2D eigenvalue weighted by Gasteiger charge is -2.04. The van der Waals surface area contributed by atoms with Crippen molar-refractivity contribution in [3.05, 3.63) is 42.0 Å². The van der Waals surface area contributed by atoms with Crippen molar-refractivity contribution in [2.75, 3.05) is 0 Å². The zero-order chi connectivity index (χ0) is 10.5. The van der Waals surface area contributed by atoms with Gasteiger partial charge in [0.1, 0.15) is 5.75 Å². The second-order valence-electron chi connectivity index (χ2n) is 2.98. The molecule has 0 spiro atoms. The lowest BCUT2D eigenvalue weighted by atomic mass is 10.2. The number of hydrogen-bond donors (Lipinski definition) is 1. The van der Waals surface area contributed by atoms with Crippen molar-refractivity contribution in [2.45, 2.75) is 13.2 Å². The first kappa shape index (κ1) is 9.67. The van der Waals surface area contributed by atoms with E-state index in [0.717, 1.165) is 11.3 Å². The summed E-state index contributed by atoms with van der Waals surface area (Å²) in [5, 5.41) is 3.48. The third kappa shape index (κ3) is 2.54. The molecule has 0 aliphatic rings. The second kappa shape index (κ2) is 4.56. The van der Waals surface area contributed by atoms with Gasteiger partial charge in [0.15, 0.2) is 12.9 Å². The van der Waals surface area contributed by atoms with Gasteiger partial charge in [-0.1, -0.05) is 17.3 Å². The molecule has 5 heteroatoms. The Labute approximate surface area is 86.9 Å². The zero-order valence-electron chi connectivity index (χ0n) is 8.09. The van der Waals surface area contributed by atoms with Crippen LogP contribution < -0.4 is 10.5 Å². The molecule has 2 N–H and O–H groups in total. The molecule has 0 unspecified atom stereocenters. The Balaban J connectivity index is 1.98. The van der Waals surface area contributed by atoms with Crippen LogP contribution in [0.1, 0.15) is 11.5 Å². The van der Waals surface area contributed by atoms with E-state index in [-0.39, 0.29) is 6.61 Å². The molecule has 1 aromatic carbocycles. The second-order valence-corrected chi connectivity index (χ2v) is 2.98. The summed E-state index contributed by atoms with van der Waals surface area (Å²) >= 11 is 0. The van der Waals surface area contributed by atoms with E-state index in [9.17, 15) is 0 Å². The summed E-state index contributed by atoms with van der Waals surface area (Å²) in [7, 11) is 0. The van der Waals surface area contributed by atoms with E-state index in [1.54, 1.807) is 0 Å². The summed E-state index contributed by atoms with van der Waals surface area (Å²) in [6.45, 7) is 0.770. The first-order chi connectivity index (χ1) is 7.38. The molecule has 0 atom stereocenters. The maximum absolute atomic E-state index is 5.51. The summed E-state index contributed by atoms with van der Waals surface area (Å²) < 4.78 is 10.2. The molecule has 0 saturated heterocycles. The van der Waals surface area contributed by atoms with E-state index < -0.39 is 0 Å². The van der Waals surface area contributed by atoms with Crippen molar-refractivity contribution in [1.29, 1.82) is 0 Å². The minimum atomic E-state index is 0.272. The Hall–Kier alpha value is -1.88. The molecule has 0 saturated carbocycles. The fourth-order valence-corrected chi connectivity index (χ4v) is 1.17. The smallest absolute Gasteiger partial charge is 0.264 e. The molecule has 1 aromatic heterocycles. The number of benzene rings is 1. The Morgan fingerprint density at radius 3 is 3.07 bits per heavy atom. The Bertz CT molecular complexity index is 414. The average molecular weight is 205 g/mol. The molecule has 0 fully saturated rings. The van der Waals surface area contributed by atoms with Crippen LogP contribution in [0.4, 0.5) is 0 Å². The normalized spacial score (nSPS) is 10.2. The van der Waals surface area contributed by atoms with Gasteiger partial charge in [0, 0.05) is 6.54 Å². The average Bonchev–Trinajstić information content (AvgIpc) is 2.79. The van der Waals surface area contributed by atoms with E-state index in [0.29, 0.717) is 12.4 Å². The highest BCUT2D eigenvalue weighted by Gasteiger charge is 2.00. The summed E-state index contributed by atoms with van der Waals surface area (Å²) in [5.74, 6) is 1.20. The van der Waals surface area contributed by atoms with Gasteiger partial charge in [-0.05, 0) is 17.7 Å². The van der Waals surface area contributed by atoms with Gasteiger partial charge < -0.3 is 15.0 Å². The Morgan fingerprint density at radius 1 is 1.40 bits per heavy atom. The highest BCUT2D eigenvalue weighted by molar-refractivity contribution is 5.28. The van der Waals surface area contributed by atoms with Gasteiger partial charge in [-0.3, -0.25) is 0 Å². The number of aromatic nitrogens is 2. The van der Waals surface area contributed by atoms with Crippen LogP contribution in [-0.4, -0.2) is 10.1 Å². The molecule has 78 valence electrons. The number of nitrogens with two attached hydrogens (primary N) is 1. The van der Waals surface area contributed by atoms with Crippen molar-refractivity contribution < 1.29 is 9.26 Å². The molecule has 0 bridgehead atoms. The molecule has 1 heterocycles. The predicted molar refractivity (Wildman–Crippen MR) is 53.0 cm³/mol. The molecule has 0 amide bonds. The lowest BCUT2D eigenvalue weighted by Crippen LogP contribution is -1.98. The summed E-state index contributed by atoms with van der Waals surface area (Å²) in [6.07, 6.45) is 1.34.